The second-order valence-corrected chi connectivity index (χ2v) is 12.7. The number of hydrogen-bond donors (Lipinski definition) is 3. The second-order valence-electron chi connectivity index (χ2n) is 11.9. The number of aromatic nitrogens is 1. The van der Waals surface area contributed by atoms with Crippen LogP contribution in [0.25, 0.3) is 0 Å². The Kier molecular flexibility index (Phi) is 9.69. The summed E-state index contributed by atoms with van der Waals surface area (Å²) in [4.78, 5) is 13.9. The first-order chi connectivity index (χ1) is 19.1. The van der Waals surface area contributed by atoms with Gasteiger partial charge in [-0.1, -0.05) is 19.1 Å². The zero-order valence-corrected chi connectivity index (χ0v) is 26.1. The number of thioether (sulfide) groups is 1. The normalized spacial score (nSPS) is 24.2. The van der Waals surface area contributed by atoms with Gasteiger partial charge in [-0.15, -0.1) is 0 Å². The Labute approximate surface area is 244 Å². The lowest BCUT2D eigenvalue weighted by atomic mass is 9.72. The summed E-state index contributed by atoms with van der Waals surface area (Å²) in [6.45, 7) is 9.99. The van der Waals surface area contributed by atoms with E-state index in [0.29, 0.717) is 19.1 Å². The molecule has 0 saturated carbocycles. The summed E-state index contributed by atoms with van der Waals surface area (Å²) in [6.07, 6.45) is 9.11. The van der Waals surface area contributed by atoms with Crippen LogP contribution in [0.4, 0.5) is 17.3 Å². The molecule has 218 valence electrons. The predicted octanol–water partition coefficient (Wildman–Crippen LogP) is 4.64. The molecule has 40 heavy (non-hydrogen) atoms. The number of ether oxygens (including phenoxy) is 1. The molecule has 1 aromatic carbocycles. The van der Waals surface area contributed by atoms with Crippen LogP contribution in [0.2, 0.25) is 0 Å². The molecule has 0 unspecified atom stereocenters. The van der Waals surface area contributed by atoms with Gasteiger partial charge < -0.3 is 30.9 Å². The minimum atomic E-state index is -0.236. The minimum absolute atomic E-state index is 0.158. The third-order valence-corrected chi connectivity index (χ3v) is 8.15. The van der Waals surface area contributed by atoms with Crippen molar-refractivity contribution in [3.8, 4) is 0 Å². The minimum Gasteiger partial charge on any atom is -0.384 e. The number of hydrogen-bond acceptors (Lipinski definition) is 9. The van der Waals surface area contributed by atoms with Gasteiger partial charge in [-0.3, -0.25) is 4.99 Å². The zero-order chi connectivity index (χ0) is 28.9. The molecule has 1 fully saturated rings. The third kappa shape index (κ3) is 6.58. The highest BCUT2D eigenvalue weighted by Crippen LogP contribution is 2.51. The maximum absolute atomic E-state index is 6.35. The SMILES string of the molecule is CN=CC1=C(NCNc2ccc3c(c2)CCN(C)CC3)N(c2cccc(N)n2)[C@@H]2CC(C)(C)OC[C@]12C.CSC. The number of nitrogens with one attached hydrogen (secondary N) is 2. The van der Waals surface area contributed by atoms with E-state index in [4.69, 9.17) is 15.5 Å². The molecular formula is C31H47N7OS. The van der Waals surface area contributed by atoms with Crippen molar-refractivity contribution < 1.29 is 4.74 Å². The van der Waals surface area contributed by atoms with E-state index in [0.717, 1.165) is 55.3 Å². The van der Waals surface area contributed by atoms with E-state index >= 15 is 0 Å². The molecule has 2 atom stereocenters. The number of benzene rings is 1. The number of anilines is 3. The van der Waals surface area contributed by atoms with E-state index < -0.39 is 0 Å². The van der Waals surface area contributed by atoms with E-state index in [-0.39, 0.29) is 17.1 Å². The van der Waals surface area contributed by atoms with Crippen molar-refractivity contribution in [1.82, 2.24) is 15.2 Å². The highest BCUT2D eigenvalue weighted by atomic mass is 32.2. The standard InChI is InChI=1S/C29H41N7O.C2H6S/c1-28(2)16-24-29(3,18-37-28)23(17-31-4)27(36(24)26-8-6-7-25(30)34-26)33-19-32-22-10-9-20-11-13-35(5)14-12-21(20)15-22;1-3-2/h6-10,15,17,24,32-33H,11-14,16,18-19H2,1-5H3,(H2,30,34);1-2H3/t24-,29-;/m1./s1. The van der Waals surface area contributed by atoms with Crippen LogP contribution in [0.3, 0.4) is 0 Å². The molecule has 0 bridgehead atoms. The fourth-order valence-electron chi connectivity index (χ4n) is 5.92. The van der Waals surface area contributed by atoms with Gasteiger partial charge in [0.15, 0.2) is 0 Å². The van der Waals surface area contributed by atoms with Crippen LogP contribution in [-0.2, 0) is 17.6 Å². The quantitative estimate of drug-likeness (QED) is 0.345. The van der Waals surface area contributed by atoms with Gasteiger partial charge in [0, 0.05) is 43.0 Å². The first-order valence-electron chi connectivity index (χ1n) is 14.1. The number of nitrogens with zero attached hydrogens (tertiary/aromatic N) is 4. The monoisotopic (exact) mass is 565 g/mol. The first-order valence-corrected chi connectivity index (χ1v) is 15.8. The van der Waals surface area contributed by atoms with Gasteiger partial charge in [0.25, 0.3) is 0 Å². The molecule has 1 saturated heterocycles. The summed E-state index contributed by atoms with van der Waals surface area (Å²) in [5, 5.41) is 7.30. The lowest BCUT2D eigenvalue weighted by Gasteiger charge is -2.47. The molecule has 3 aliphatic heterocycles. The van der Waals surface area contributed by atoms with E-state index in [9.17, 15) is 0 Å². The van der Waals surface area contributed by atoms with Crippen molar-refractivity contribution in [3.05, 3.63) is 58.9 Å². The summed E-state index contributed by atoms with van der Waals surface area (Å²) in [7, 11) is 4.02. The van der Waals surface area contributed by atoms with E-state index in [2.05, 4.69) is 71.4 Å². The largest absolute Gasteiger partial charge is 0.384 e. The number of likely N-dealkylation sites (N-methyl/N-ethyl adjacent to an activating group) is 1. The maximum atomic E-state index is 6.35. The van der Waals surface area contributed by atoms with Gasteiger partial charge in [-0.05, 0) is 88.1 Å². The average molecular weight is 566 g/mol. The number of fused-ring (bicyclic) bond motifs is 2. The van der Waals surface area contributed by atoms with Gasteiger partial charge in [-0.2, -0.15) is 11.8 Å². The Hall–Kier alpha value is -2.75. The summed E-state index contributed by atoms with van der Waals surface area (Å²) < 4.78 is 6.35. The van der Waals surface area contributed by atoms with Gasteiger partial charge >= 0.3 is 0 Å². The Morgan fingerprint density at radius 3 is 2.55 bits per heavy atom. The Bertz CT molecular complexity index is 1230. The summed E-state index contributed by atoms with van der Waals surface area (Å²) in [5.74, 6) is 2.35. The van der Waals surface area contributed by atoms with Gasteiger partial charge in [-0.25, -0.2) is 4.98 Å². The van der Waals surface area contributed by atoms with Crippen molar-refractivity contribution in [2.24, 2.45) is 10.4 Å². The number of rotatable bonds is 6. The van der Waals surface area contributed by atoms with Crippen molar-refractivity contribution in [1.29, 1.82) is 0 Å². The van der Waals surface area contributed by atoms with Crippen LogP contribution in [0, 0.1) is 5.41 Å². The molecule has 0 aliphatic carbocycles. The Balaban J connectivity index is 0.00000118. The van der Waals surface area contributed by atoms with Gasteiger partial charge in [0.1, 0.15) is 17.5 Å². The lowest BCUT2D eigenvalue weighted by Crippen LogP contribution is -2.54. The molecule has 0 spiro atoms. The van der Waals surface area contributed by atoms with E-state index in [1.54, 1.807) is 11.8 Å². The molecule has 4 N–H and O–H groups in total. The van der Waals surface area contributed by atoms with E-state index in [1.807, 2.05) is 44.0 Å². The number of nitrogens with two attached hydrogens (primary N) is 1. The zero-order valence-electron chi connectivity index (χ0n) is 25.3. The fourth-order valence-corrected chi connectivity index (χ4v) is 5.92. The Morgan fingerprint density at radius 1 is 1.12 bits per heavy atom. The fraction of sp³-hybridized carbons (Fsp3) is 0.548. The topological polar surface area (TPSA) is 91.0 Å². The maximum Gasteiger partial charge on any atom is 0.136 e. The van der Waals surface area contributed by atoms with E-state index in [1.165, 1.54) is 11.1 Å². The summed E-state index contributed by atoms with van der Waals surface area (Å²) in [5.41, 5.74) is 10.8. The second kappa shape index (κ2) is 12.8. The van der Waals surface area contributed by atoms with Crippen molar-refractivity contribution in [2.45, 2.75) is 51.7 Å². The molecule has 0 amide bonds. The highest BCUT2D eigenvalue weighted by Gasteiger charge is 2.55. The van der Waals surface area contributed by atoms with Crippen molar-refractivity contribution in [2.75, 3.05) is 68.9 Å². The van der Waals surface area contributed by atoms with Gasteiger partial charge in [0.05, 0.1) is 24.9 Å². The number of pyridine rings is 1. The van der Waals surface area contributed by atoms with Crippen LogP contribution < -0.4 is 21.3 Å². The molecule has 1 aromatic heterocycles. The summed E-state index contributed by atoms with van der Waals surface area (Å²) in [6, 6.07) is 12.8. The number of nitrogen functional groups attached to an aromatic ring is 1. The molecule has 0 radical (unpaired) electrons. The average Bonchev–Trinajstić information content (AvgIpc) is 3.01. The third-order valence-electron chi connectivity index (χ3n) is 8.15. The smallest absolute Gasteiger partial charge is 0.136 e. The first kappa shape index (κ1) is 30.2. The van der Waals surface area contributed by atoms with Crippen LogP contribution in [0.5, 0.6) is 0 Å². The predicted molar refractivity (Wildman–Crippen MR) is 172 cm³/mol. The molecule has 5 rings (SSSR count). The van der Waals surface area contributed by atoms with Crippen LogP contribution in [0.1, 0.15) is 38.3 Å². The molecule has 3 aliphatic rings. The molecule has 9 heteroatoms. The Morgan fingerprint density at radius 2 is 1.85 bits per heavy atom. The van der Waals surface area contributed by atoms with Crippen LogP contribution >= 0.6 is 11.8 Å². The van der Waals surface area contributed by atoms with Crippen molar-refractivity contribution >= 4 is 35.3 Å². The molecule has 4 heterocycles. The van der Waals surface area contributed by atoms with Crippen LogP contribution in [0.15, 0.2) is 52.8 Å². The molecule has 8 nitrogen and oxygen atoms in total. The molecule has 2 aromatic rings. The molecular weight excluding hydrogens is 518 g/mol. The summed E-state index contributed by atoms with van der Waals surface area (Å²) >= 11 is 1.75. The number of aliphatic imine (C=N–C) groups is 1. The lowest BCUT2D eigenvalue weighted by molar-refractivity contribution is -0.101. The highest BCUT2D eigenvalue weighted by molar-refractivity contribution is 7.97. The van der Waals surface area contributed by atoms with Crippen LogP contribution in [-0.4, -0.2) is 80.7 Å². The van der Waals surface area contributed by atoms with Gasteiger partial charge in [0.2, 0.25) is 0 Å². The van der Waals surface area contributed by atoms with Crippen molar-refractivity contribution in [3.63, 3.8) is 0 Å².